The Morgan fingerprint density at radius 3 is 2.71 bits per heavy atom. The van der Waals surface area contributed by atoms with E-state index in [1.807, 2.05) is 6.07 Å². The number of amides is 2. The van der Waals surface area contributed by atoms with Crippen LogP contribution in [0.1, 0.15) is 16.1 Å². The van der Waals surface area contributed by atoms with Crippen molar-refractivity contribution in [1.82, 2.24) is 14.8 Å². The van der Waals surface area contributed by atoms with Crippen molar-refractivity contribution >= 4 is 34.0 Å². The van der Waals surface area contributed by atoms with Gasteiger partial charge < -0.3 is 5.32 Å². The van der Waals surface area contributed by atoms with Crippen LogP contribution in [0.25, 0.3) is 0 Å². The van der Waals surface area contributed by atoms with Gasteiger partial charge in [0, 0.05) is 24.2 Å². The summed E-state index contributed by atoms with van der Waals surface area (Å²) >= 11 is 1.29. The normalized spacial score (nSPS) is 10.4. The topological polar surface area (TPSA) is 88.9 Å². The number of carbonyl (C=O) groups excluding carboxylic acids is 2. The molecule has 24 heavy (non-hydrogen) atoms. The van der Waals surface area contributed by atoms with Crippen LogP contribution in [0.15, 0.2) is 48.1 Å². The van der Waals surface area contributed by atoms with E-state index < -0.39 is 0 Å². The lowest BCUT2D eigenvalue weighted by molar-refractivity contribution is -0.115. The number of hydrogen-bond donors (Lipinski definition) is 2. The van der Waals surface area contributed by atoms with Gasteiger partial charge in [-0.25, -0.2) is 4.98 Å². The molecule has 2 heterocycles. The van der Waals surface area contributed by atoms with Gasteiger partial charge in [-0.3, -0.25) is 19.6 Å². The van der Waals surface area contributed by atoms with Crippen LogP contribution in [-0.2, 0) is 18.3 Å². The molecule has 3 aromatic rings. The molecular weight excluding hydrogens is 326 g/mol. The molecule has 0 saturated carbocycles. The highest BCUT2D eigenvalue weighted by Gasteiger charge is 2.11. The van der Waals surface area contributed by atoms with E-state index in [1.165, 1.54) is 11.3 Å². The van der Waals surface area contributed by atoms with Gasteiger partial charge in [0.25, 0.3) is 5.91 Å². The number of nitrogens with one attached hydrogen (secondary N) is 2. The fraction of sp³-hybridized carbons (Fsp3) is 0.125. The van der Waals surface area contributed by atoms with E-state index in [1.54, 1.807) is 53.8 Å². The summed E-state index contributed by atoms with van der Waals surface area (Å²) in [4.78, 5) is 28.3. The number of thiazole rings is 1. The Balaban J connectivity index is 1.57. The second-order valence-electron chi connectivity index (χ2n) is 5.09. The second-order valence-corrected chi connectivity index (χ2v) is 5.95. The van der Waals surface area contributed by atoms with E-state index >= 15 is 0 Å². The van der Waals surface area contributed by atoms with Crippen molar-refractivity contribution in [3.63, 3.8) is 0 Å². The molecule has 0 saturated heterocycles. The Hall–Kier alpha value is -3.00. The zero-order valence-corrected chi connectivity index (χ0v) is 13.7. The summed E-state index contributed by atoms with van der Waals surface area (Å²) in [7, 11) is 1.78. The largest absolute Gasteiger partial charge is 0.323 e. The predicted octanol–water partition coefficient (Wildman–Crippen LogP) is 2.31. The van der Waals surface area contributed by atoms with Gasteiger partial charge in [-0.05, 0) is 12.1 Å². The Kier molecular flexibility index (Phi) is 4.66. The SMILES string of the molecule is Cn1cc(NC(=O)Cc2csc(NC(=O)c3ccccc3)n2)cn1. The number of carbonyl (C=O) groups is 2. The summed E-state index contributed by atoms with van der Waals surface area (Å²) in [5.41, 5.74) is 1.80. The van der Waals surface area contributed by atoms with Crippen molar-refractivity contribution < 1.29 is 9.59 Å². The third-order valence-electron chi connectivity index (χ3n) is 3.14. The molecule has 0 bridgehead atoms. The van der Waals surface area contributed by atoms with Gasteiger partial charge in [0.2, 0.25) is 5.91 Å². The van der Waals surface area contributed by atoms with E-state index in [9.17, 15) is 9.59 Å². The molecule has 0 atom stereocenters. The zero-order chi connectivity index (χ0) is 16.9. The van der Waals surface area contributed by atoms with Crippen LogP contribution in [0.4, 0.5) is 10.8 Å². The van der Waals surface area contributed by atoms with Crippen molar-refractivity contribution in [2.75, 3.05) is 10.6 Å². The average Bonchev–Trinajstić information content (AvgIpc) is 3.17. The monoisotopic (exact) mass is 341 g/mol. The average molecular weight is 341 g/mol. The van der Waals surface area contributed by atoms with Gasteiger partial charge >= 0.3 is 0 Å². The van der Waals surface area contributed by atoms with E-state index in [-0.39, 0.29) is 18.2 Å². The molecule has 3 rings (SSSR count). The summed E-state index contributed by atoms with van der Waals surface area (Å²) in [6, 6.07) is 8.89. The fourth-order valence-electron chi connectivity index (χ4n) is 2.06. The third-order valence-corrected chi connectivity index (χ3v) is 3.95. The van der Waals surface area contributed by atoms with Crippen molar-refractivity contribution in [3.05, 3.63) is 59.4 Å². The number of hydrogen-bond acceptors (Lipinski definition) is 5. The molecule has 1 aromatic carbocycles. The Bertz CT molecular complexity index is 856. The lowest BCUT2D eigenvalue weighted by atomic mass is 10.2. The maximum Gasteiger partial charge on any atom is 0.257 e. The van der Waals surface area contributed by atoms with Crippen molar-refractivity contribution in [1.29, 1.82) is 0 Å². The van der Waals surface area contributed by atoms with Crippen LogP contribution in [0.2, 0.25) is 0 Å². The fourth-order valence-corrected chi connectivity index (χ4v) is 2.77. The number of aryl methyl sites for hydroxylation is 1. The second kappa shape index (κ2) is 7.05. The molecule has 0 spiro atoms. The van der Waals surface area contributed by atoms with Gasteiger partial charge in [-0.15, -0.1) is 11.3 Å². The van der Waals surface area contributed by atoms with Crippen LogP contribution in [0.5, 0.6) is 0 Å². The maximum absolute atomic E-state index is 12.1. The van der Waals surface area contributed by atoms with Crippen LogP contribution in [0.3, 0.4) is 0 Å². The van der Waals surface area contributed by atoms with Crippen LogP contribution in [0, 0.1) is 0 Å². The van der Waals surface area contributed by atoms with Crippen LogP contribution >= 0.6 is 11.3 Å². The van der Waals surface area contributed by atoms with Gasteiger partial charge in [0.15, 0.2) is 5.13 Å². The minimum Gasteiger partial charge on any atom is -0.323 e. The number of anilines is 2. The van der Waals surface area contributed by atoms with Gasteiger partial charge in [0.05, 0.1) is 24.0 Å². The first kappa shape index (κ1) is 15.9. The van der Waals surface area contributed by atoms with Gasteiger partial charge in [0.1, 0.15) is 0 Å². The lowest BCUT2D eigenvalue weighted by Gasteiger charge is -2.01. The number of benzene rings is 1. The molecular formula is C16H15N5O2S. The summed E-state index contributed by atoms with van der Waals surface area (Å²) in [5.74, 6) is -0.412. The highest BCUT2D eigenvalue weighted by atomic mass is 32.1. The molecule has 0 unspecified atom stereocenters. The first-order valence-corrected chi connectivity index (χ1v) is 8.07. The standard InChI is InChI=1S/C16H15N5O2S/c1-21-9-13(8-17-21)18-14(22)7-12-10-24-16(19-12)20-15(23)11-5-3-2-4-6-11/h2-6,8-10H,7H2,1H3,(H,18,22)(H,19,20,23). The van der Waals surface area contributed by atoms with Crippen molar-refractivity contribution in [2.45, 2.75) is 6.42 Å². The quantitative estimate of drug-likeness (QED) is 0.745. The summed E-state index contributed by atoms with van der Waals surface area (Å²) in [6.45, 7) is 0. The minimum absolute atomic E-state index is 0.132. The van der Waals surface area contributed by atoms with Crippen molar-refractivity contribution in [3.8, 4) is 0 Å². The minimum atomic E-state index is -0.226. The van der Waals surface area contributed by atoms with E-state index in [0.717, 1.165) is 0 Å². The molecule has 8 heteroatoms. The Morgan fingerprint density at radius 2 is 2.00 bits per heavy atom. The van der Waals surface area contributed by atoms with Crippen molar-refractivity contribution in [2.24, 2.45) is 7.05 Å². The van der Waals surface area contributed by atoms with Crippen LogP contribution < -0.4 is 10.6 Å². The van der Waals surface area contributed by atoms with Gasteiger partial charge in [-0.2, -0.15) is 5.10 Å². The molecule has 7 nitrogen and oxygen atoms in total. The van der Waals surface area contributed by atoms with E-state index in [0.29, 0.717) is 22.1 Å². The van der Waals surface area contributed by atoms with E-state index in [4.69, 9.17) is 0 Å². The molecule has 122 valence electrons. The molecule has 2 amide bonds. The lowest BCUT2D eigenvalue weighted by Crippen LogP contribution is -2.15. The summed E-state index contributed by atoms with van der Waals surface area (Å²) in [5, 5.41) is 11.7. The van der Waals surface area contributed by atoms with Gasteiger partial charge in [-0.1, -0.05) is 18.2 Å². The van der Waals surface area contributed by atoms with E-state index in [2.05, 4.69) is 20.7 Å². The third kappa shape index (κ3) is 4.05. The highest BCUT2D eigenvalue weighted by Crippen LogP contribution is 2.17. The summed E-state index contributed by atoms with van der Waals surface area (Å²) in [6.07, 6.45) is 3.42. The molecule has 0 aliphatic rings. The molecule has 2 aromatic heterocycles. The number of nitrogens with zero attached hydrogens (tertiary/aromatic N) is 3. The highest BCUT2D eigenvalue weighted by molar-refractivity contribution is 7.14. The molecule has 2 N–H and O–H groups in total. The first-order chi connectivity index (χ1) is 11.6. The Labute approximate surface area is 142 Å². The first-order valence-electron chi connectivity index (χ1n) is 7.19. The smallest absolute Gasteiger partial charge is 0.257 e. The molecule has 0 aliphatic heterocycles. The summed E-state index contributed by atoms with van der Waals surface area (Å²) < 4.78 is 1.61. The number of rotatable bonds is 5. The Morgan fingerprint density at radius 1 is 1.21 bits per heavy atom. The number of aromatic nitrogens is 3. The molecule has 0 aliphatic carbocycles. The molecule has 0 fully saturated rings. The van der Waals surface area contributed by atoms with Crippen LogP contribution in [-0.4, -0.2) is 26.6 Å². The maximum atomic E-state index is 12.1. The zero-order valence-electron chi connectivity index (χ0n) is 12.9. The molecule has 0 radical (unpaired) electrons. The predicted molar refractivity (Wildman–Crippen MR) is 92.1 cm³/mol.